The van der Waals surface area contributed by atoms with Crippen LogP contribution in [-0.4, -0.2) is 22.3 Å². The highest BCUT2D eigenvalue weighted by atomic mass is 16.3. The van der Waals surface area contributed by atoms with Gasteiger partial charge in [-0.3, -0.25) is 9.98 Å². The van der Waals surface area contributed by atoms with Crippen LogP contribution in [0.1, 0.15) is 24.0 Å². The molecule has 20 heavy (non-hydrogen) atoms. The van der Waals surface area contributed by atoms with Gasteiger partial charge in [-0.2, -0.15) is 0 Å². The molecule has 1 aromatic carbocycles. The Kier molecular flexibility index (Phi) is 3.59. The van der Waals surface area contributed by atoms with Crippen LogP contribution in [0.2, 0.25) is 0 Å². The monoisotopic (exact) mass is 264 g/mol. The first kappa shape index (κ1) is 12.6. The van der Waals surface area contributed by atoms with Crippen molar-refractivity contribution in [1.29, 1.82) is 0 Å². The minimum atomic E-state index is 0.289. The minimum Gasteiger partial charge on any atom is -0.508 e. The summed E-state index contributed by atoms with van der Waals surface area (Å²) in [4.78, 5) is 8.83. The van der Waals surface area contributed by atoms with Crippen molar-refractivity contribution < 1.29 is 5.11 Å². The molecule has 2 heterocycles. The third kappa shape index (κ3) is 2.77. The highest BCUT2D eigenvalue weighted by Gasteiger charge is 2.13. The highest BCUT2D eigenvalue weighted by molar-refractivity contribution is 6.15. The smallest absolute Gasteiger partial charge is 0.115 e. The summed E-state index contributed by atoms with van der Waals surface area (Å²) in [6.07, 6.45) is 7.87. The number of aliphatic imine (C=N–C) groups is 1. The summed E-state index contributed by atoms with van der Waals surface area (Å²) >= 11 is 0. The number of rotatable bonds is 2. The van der Waals surface area contributed by atoms with Crippen LogP contribution in [-0.2, 0) is 0 Å². The molecule has 3 nitrogen and oxygen atoms in total. The number of benzene rings is 1. The lowest BCUT2D eigenvalue weighted by Gasteiger charge is -2.16. The molecule has 0 radical (unpaired) electrons. The van der Waals surface area contributed by atoms with Crippen LogP contribution < -0.4 is 0 Å². The van der Waals surface area contributed by atoms with E-state index in [0.717, 1.165) is 36.2 Å². The van der Waals surface area contributed by atoms with E-state index in [2.05, 4.69) is 16.1 Å². The zero-order chi connectivity index (χ0) is 13.8. The van der Waals surface area contributed by atoms with E-state index in [1.165, 1.54) is 5.57 Å². The summed E-state index contributed by atoms with van der Waals surface area (Å²) in [5, 5.41) is 9.34. The lowest BCUT2D eigenvalue weighted by Crippen LogP contribution is -2.11. The Labute approximate surface area is 118 Å². The normalized spacial score (nSPS) is 17.0. The van der Waals surface area contributed by atoms with Crippen LogP contribution in [0.25, 0.3) is 6.08 Å². The maximum absolute atomic E-state index is 9.34. The van der Waals surface area contributed by atoms with Gasteiger partial charge in [0.15, 0.2) is 0 Å². The second-order valence-electron chi connectivity index (χ2n) is 4.84. The molecule has 0 spiro atoms. The second-order valence-corrected chi connectivity index (χ2v) is 4.84. The third-order valence-electron chi connectivity index (χ3n) is 3.35. The van der Waals surface area contributed by atoms with Gasteiger partial charge in [-0.25, -0.2) is 0 Å². The van der Waals surface area contributed by atoms with Gasteiger partial charge in [-0.05, 0) is 54.3 Å². The Balaban J connectivity index is 1.97. The fraction of sp³-hybridized carbons (Fsp3) is 0.176. The molecule has 0 bridgehead atoms. The van der Waals surface area contributed by atoms with Gasteiger partial charge in [0.1, 0.15) is 5.75 Å². The molecule has 1 aliphatic heterocycles. The van der Waals surface area contributed by atoms with Crippen LogP contribution in [0, 0.1) is 0 Å². The van der Waals surface area contributed by atoms with E-state index in [0.29, 0.717) is 0 Å². The molecule has 1 aromatic heterocycles. The average Bonchev–Trinajstić information content (AvgIpc) is 2.51. The van der Waals surface area contributed by atoms with E-state index >= 15 is 0 Å². The number of phenolic OH excluding ortho intramolecular Hbond substituents is 1. The van der Waals surface area contributed by atoms with Gasteiger partial charge in [-0.1, -0.05) is 12.1 Å². The average molecular weight is 264 g/mol. The molecular weight excluding hydrogens is 248 g/mol. The topological polar surface area (TPSA) is 45.5 Å². The van der Waals surface area contributed by atoms with Crippen molar-refractivity contribution in [3.05, 3.63) is 65.5 Å². The molecule has 3 rings (SSSR count). The molecule has 1 aliphatic rings. The minimum absolute atomic E-state index is 0.289. The van der Waals surface area contributed by atoms with Crippen molar-refractivity contribution >= 4 is 11.8 Å². The maximum atomic E-state index is 9.34. The second kappa shape index (κ2) is 5.70. The van der Waals surface area contributed by atoms with Gasteiger partial charge in [0.05, 0.1) is 5.71 Å². The number of hydrogen-bond donors (Lipinski definition) is 1. The quantitative estimate of drug-likeness (QED) is 0.903. The molecule has 0 unspecified atom stereocenters. The fourth-order valence-electron chi connectivity index (χ4n) is 2.37. The number of pyridine rings is 1. The van der Waals surface area contributed by atoms with E-state index in [1.54, 1.807) is 18.3 Å². The van der Waals surface area contributed by atoms with E-state index in [-0.39, 0.29) is 5.75 Å². The Hall–Kier alpha value is -2.42. The van der Waals surface area contributed by atoms with Gasteiger partial charge in [-0.15, -0.1) is 0 Å². The van der Waals surface area contributed by atoms with Crippen LogP contribution in [0.5, 0.6) is 5.75 Å². The van der Waals surface area contributed by atoms with Gasteiger partial charge in [0.25, 0.3) is 0 Å². The van der Waals surface area contributed by atoms with Crippen molar-refractivity contribution in [3.8, 4) is 5.75 Å². The lowest BCUT2D eigenvalue weighted by molar-refractivity contribution is 0.475. The van der Waals surface area contributed by atoms with Gasteiger partial charge in [0.2, 0.25) is 0 Å². The Bertz CT molecular complexity index is 642. The number of allylic oxidation sites excluding steroid dienone is 1. The largest absolute Gasteiger partial charge is 0.508 e. The number of hydrogen-bond acceptors (Lipinski definition) is 3. The number of nitrogens with zero attached hydrogens (tertiary/aromatic N) is 2. The van der Waals surface area contributed by atoms with Crippen LogP contribution in [0.15, 0.2) is 59.4 Å². The molecule has 0 saturated heterocycles. The van der Waals surface area contributed by atoms with Crippen molar-refractivity contribution in [2.24, 2.45) is 4.99 Å². The van der Waals surface area contributed by atoms with Crippen molar-refractivity contribution in [1.82, 2.24) is 4.98 Å². The molecule has 0 aliphatic carbocycles. The number of aromatic hydroxyl groups is 1. The molecular formula is C17H16N2O. The highest BCUT2D eigenvalue weighted by Crippen LogP contribution is 2.22. The standard InChI is InChI=1S/C17H16N2O/c20-16-7-5-13(6-8-16)11-14-3-2-10-19-17(14)15-4-1-9-18-12-15/h1,4-9,11-12,20H,2-3,10H2/b14-11+. The SMILES string of the molecule is Oc1ccc(/C=C2\CCCN=C2c2cccnc2)cc1. The molecule has 0 saturated carbocycles. The Morgan fingerprint density at radius 2 is 1.95 bits per heavy atom. The van der Waals surface area contributed by atoms with Crippen molar-refractivity contribution in [2.45, 2.75) is 12.8 Å². The van der Waals surface area contributed by atoms with Crippen LogP contribution in [0.3, 0.4) is 0 Å². The van der Waals surface area contributed by atoms with Crippen LogP contribution in [0.4, 0.5) is 0 Å². The van der Waals surface area contributed by atoms with Crippen LogP contribution >= 0.6 is 0 Å². The molecule has 0 atom stereocenters. The van der Waals surface area contributed by atoms with E-state index in [1.807, 2.05) is 30.5 Å². The third-order valence-corrected chi connectivity index (χ3v) is 3.35. The summed E-state index contributed by atoms with van der Waals surface area (Å²) < 4.78 is 0. The summed E-state index contributed by atoms with van der Waals surface area (Å²) in [6, 6.07) is 11.2. The van der Waals surface area contributed by atoms with E-state index in [4.69, 9.17) is 0 Å². The maximum Gasteiger partial charge on any atom is 0.115 e. The summed E-state index contributed by atoms with van der Waals surface area (Å²) in [7, 11) is 0. The molecule has 0 fully saturated rings. The first-order chi connectivity index (χ1) is 9.83. The fourth-order valence-corrected chi connectivity index (χ4v) is 2.37. The summed E-state index contributed by atoms with van der Waals surface area (Å²) in [5.74, 6) is 0.289. The van der Waals surface area contributed by atoms with Crippen molar-refractivity contribution in [3.63, 3.8) is 0 Å². The van der Waals surface area contributed by atoms with E-state index in [9.17, 15) is 5.11 Å². The van der Waals surface area contributed by atoms with E-state index < -0.39 is 0 Å². The summed E-state index contributed by atoms with van der Waals surface area (Å²) in [5.41, 5.74) is 4.42. The predicted molar refractivity (Wildman–Crippen MR) is 81.0 cm³/mol. The molecule has 2 aromatic rings. The first-order valence-corrected chi connectivity index (χ1v) is 6.78. The molecule has 3 heteroatoms. The predicted octanol–water partition coefficient (Wildman–Crippen LogP) is 3.45. The summed E-state index contributed by atoms with van der Waals surface area (Å²) in [6.45, 7) is 0.872. The van der Waals surface area contributed by atoms with Gasteiger partial charge in [0, 0.05) is 24.5 Å². The van der Waals surface area contributed by atoms with Gasteiger partial charge >= 0.3 is 0 Å². The molecule has 0 amide bonds. The zero-order valence-electron chi connectivity index (χ0n) is 11.2. The lowest BCUT2D eigenvalue weighted by atomic mass is 9.95. The van der Waals surface area contributed by atoms with Gasteiger partial charge < -0.3 is 5.11 Å². The van der Waals surface area contributed by atoms with Crippen molar-refractivity contribution in [2.75, 3.05) is 6.54 Å². The molecule has 100 valence electrons. The number of phenols is 1. The first-order valence-electron chi connectivity index (χ1n) is 6.78. The Morgan fingerprint density at radius 1 is 1.10 bits per heavy atom. The Morgan fingerprint density at radius 3 is 2.70 bits per heavy atom. The molecule has 1 N–H and O–H groups in total. The zero-order valence-corrected chi connectivity index (χ0v) is 11.2. The number of aromatic nitrogens is 1.